The van der Waals surface area contributed by atoms with Gasteiger partial charge in [-0.1, -0.05) is 42.5 Å². The number of hydrogen-bond acceptors (Lipinski definition) is 4. The van der Waals surface area contributed by atoms with E-state index in [0.717, 1.165) is 33.6 Å². The molecule has 0 fully saturated rings. The Hall–Kier alpha value is -3.57. The van der Waals surface area contributed by atoms with Crippen molar-refractivity contribution in [2.24, 2.45) is 0 Å². The van der Waals surface area contributed by atoms with Gasteiger partial charge in [0.05, 0.1) is 18.5 Å². The lowest BCUT2D eigenvalue weighted by Gasteiger charge is -2.46. The first-order valence-corrected chi connectivity index (χ1v) is 9.94. The summed E-state index contributed by atoms with van der Waals surface area (Å²) < 4.78 is 12.3. The first-order valence-electron chi connectivity index (χ1n) is 9.94. The number of ether oxygens (including phenoxy) is 2. The van der Waals surface area contributed by atoms with Gasteiger partial charge in [-0.05, 0) is 35.9 Å². The SMILES string of the molecule is COc1ccc2c(c1)[C@]1(O[C@H]3c4ccccc4C=CN3c3ccccc31)C(=O)N2C. The van der Waals surface area contributed by atoms with Crippen LogP contribution in [0.5, 0.6) is 5.75 Å². The van der Waals surface area contributed by atoms with E-state index < -0.39 is 11.8 Å². The summed E-state index contributed by atoms with van der Waals surface area (Å²) in [5, 5.41) is 0. The standard InChI is InChI=1S/C25H20N2O3/c1-26-21-12-11-17(29-2)15-20(21)25(24(26)28)19-9-5-6-10-22(19)27-14-13-16-7-3-4-8-18(16)23(27)30-25/h3-15,23H,1-2H3/t23-,25-/m0/s1. The van der Waals surface area contributed by atoms with Crippen molar-refractivity contribution in [2.75, 3.05) is 24.0 Å². The number of likely N-dealkylation sites (N-methyl/N-ethyl adjacent to an activating group) is 1. The van der Waals surface area contributed by atoms with E-state index in [1.807, 2.05) is 54.7 Å². The molecule has 0 saturated heterocycles. The molecule has 1 amide bonds. The van der Waals surface area contributed by atoms with Crippen molar-refractivity contribution in [1.82, 2.24) is 0 Å². The van der Waals surface area contributed by atoms with E-state index in [4.69, 9.17) is 9.47 Å². The van der Waals surface area contributed by atoms with Crippen molar-refractivity contribution in [1.29, 1.82) is 0 Å². The fourth-order valence-electron chi connectivity index (χ4n) is 4.88. The van der Waals surface area contributed by atoms with Gasteiger partial charge in [-0.3, -0.25) is 4.79 Å². The van der Waals surface area contributed by atoms with E-state index >= 15 is 0 Å². The highest BCUT2D eigenvalue weighted by Crippen LogP contribution is 2.56. The average Bonchev–Trinajstić information content (AvgIpc) is 3.01. The number of carbonyl (C=O) groups excluding carboxylic acids is 1. The molecule has 0 aliphatic carbocycles. The van der Waals surface area contributed by atoms with Crippen LogP contribution in [0.15, 0.2) is 72.9 Å². The predicted octanol–water partition coefficient (Wildman–Crippen LogP) is 4.43. The molecule has 0 unspecified atom stereocenters. The number of carbonyl (C=O) groups is 1. The molecule has 148 valence electrons. The number of fused-ring (bicyclic) bond motifs is 8. The number of amides is 1. The van der Waals surface area contributed by atoms with Gasteiger partial charge in [0.1, 0.15) is 5.75 Å². The second-order valence-electron chi connectivity index (χ2n) is 7.77. The van der Waals surface area contributed by atoms with Crippen molar-refractivity contribution in [3.8, 4) is 5.75 Å². The number of methoxy groups -OCH3 is 1. The summed E-state index contributed by atoms with van der Waals surface area (Å²) in [6.07, 6.45) is 3.72. The fraction of sp³-hybridized carbons (Fsp3) is 0.160. The normalized spacial score (nSPS) is 23.1. The molecule has 0 aromatic heterocycles. The van der Waals surface area contributed by atoms with Crippen LogP contribution in [0.25, 0.3) is 6.08 Å². The smallest absolute Gasteiger partial charge is 0.268 e. The van der Waals surface area contributed by atoms with Crippen molar-refractivity contribution in [2.45, 2.75) is 11.8 Å². The molecule has 3 aromatic carbocycles. The van der Waals surface area contributed by atoms with Gasteiger partial charge in [-0.15, -0.1) is 0 Å². The maximum atomic E-state index is 13.8. The molecule has 0 radical (unpaired) electrons. The summed E-state index contributed by atoms with van der Waals surface area (Å²) >= 11 is 0. The van der Waals surface area contributed by atoms with Gasteiger partial charge < -0.3 is 19.3 Å². The number of nitrogens with zero attached hydrogens (tertiary/aromatic N) is 2. The van der Waals surface area contributed by atoms with Crippen molar-refractivity contribution in [3.05, 3.63) is 95.2 Å². The molecule has 5 nitrogen and oxygen atoms in total. The number of rotatable bonds is 1. The third kappa shape index (κ3) is 2.02. The summed E-state index contributed by atoms with van der Waals surface area (Å²) in [5.74, 6) is 0.605. The number of anilines is 2. The largest absolute Gasteiger partial charge is 0.497 e. The molecule has 6 rings (SSSR count). The Morgan fingerprint density at radius 3 is 2.63 bits per heavy atom. The highest BCUT2D eigenvalue weighted by Gasteiger charge is 2.58. The van der Waals surface area contributed by atoms with Crippen molar-refractivity contribution in [3.63, 3.8) is 0 Å². The second-order valence-corrected chi connectivity index (χ2v) is 7.77. The molecule has 3 heterocycles. The van der Waals surface area contributed by atoms with Crippen molar-refractivity contribution < 1.29 is 14.3 Å². The summed E-state index contributed by atoms with van der Waals surface area (Å²) in [6.45, 7) is 0. The van der Waals surface area contributed by atoms with Crippen LogP contribution in [0.2, 0.25) is 0 Å². The molecule has 0 saturated carbocycles. The average molecular weight is 396 g/mol. The minimum absolute atomic E-state index is 0.0927. The Labute approximate surface area is 174 Å². The zero-order valence-electron chi connectivity index (χ0n) is 16.7. The molecule has 3 aliphatic heterocycles. The van der Waals surface area contributed by atoms with Crippen LogP contribution < -0.4 is 14.5 Å². The third-order valence-corrected chi connectivity index (χ3v) is 6.33. The lowest BCUT2D eigenvalue weighted by Crippen LogP contribution is -2.49. The number of benzene rings is 3. The zero-order valence-corrected chi connectivity index (χ0v) is 16.7. The van der Waals surface area contributed by atoms with Crippen LogP contribution in [0, 0.1) is 0 Å². The maximum Gasteiger partial charge on any atom is 0.268 e. The van der Waals surface area contributed by atoms with E-state index in [0.29, 0.717) is 5.75 Å². The van der Waals surface area contributed by atoms with Crippen LogP contribution in [0.1, 0.15) is 28.5 Å². The van der Waals surface area contributed by atoms with E-state index in [9.17, 15) is 4.79 Å². The second kappa shape index (κ2) is 5.97. The Bertz CT molecular complexity index is 1230. The Balaban J connectivity index is 1.66. The van der Waals surface area contributed by atoms with Crippen LogP contribution in [0.3, 0.4) is 0 Å². The molecule has 2 atom stereocenters. The maximum absolute atomic E-state index is 13.8. The lowest BCUT2D eigenvalue weighted by molar-refractivity contribution is -0.147. The molecule has 30 heavy (non-hydrogen) atoms. The molecule has 0 N–H and O–H groups in total. The van der Waals surface area contributed by atoms with Gasteiger partial charge in [-0.2, -0.15) is 0 Å². The molecule has 5 heteroatoms. The van der Waals surface area contributed by atoms with Crippen LogP contribution >= 0.6 is 0 Å². The van der Waals surface area contributed by atoms with Gasteiger partial charge in [-0.25, -0.2) is 0 Å². The first-order chi connectivity index (χ1) is 14.6. The molecule has 3 aromatic rings. The van der Waals surface area contributed by atoms with E-state index in [1.165, 1.54) is 0 Å². The minimum atomic E-state index is -1.23. The summed E-state index contributed by atoms with van der Waals surface area (Å²) in [4.78, 5) is 17.6. The highest BCUT2D eigenvalue weighted by molar-refractivity contribution is 6.10. The van der Waals surface area contributed by atoms with Gasteiger partial charge in [0.25, 0.3) is 5.91 Å². The van der Waals surface area contributed by atoms with Crippen LogP contribution in [-0.4, -0.2) is 20.1 Å². The summed E-state index contributed by atoms with van der Waals surface area (Å²) in [5.41, 5.74) is 4.37. The Morgan fingerprint density at radius 1 is 0.967 bits per heavy atom. The monoisotopic (exact) mass is 396 g/mol. The van der Waals surface area contributed by atoms with Crippen LogP contribution in [0.4, 0.5) is 11.4 Å². The summed E-state index contributed by atoms with van der Waals surface area (Å²) in [6, 6.07) is 21.9. The topological polar surface area (TPSA) is 42.0 Å². The van der Waals surface area contributed by atoms with E-state index in [1.54, 1.807) is 19.1 Å². The first kappa shape index (κ1) is 17.3. The van der Waals surface area contributed by atoms with Gasteiger partial charge >= 0.3 is 0 Å². The molecular weight excluding hydrogens is 376 g/mol. The third-order valence-electron chi connectivity index (χ3n) is 6.33. The Morgan fingerprint density at radius 2 is 1.77 bits per heavy atom. The van der Waals surface area contributed by atoms with E-state index in [2.05, 4.69) is 29.2 Å². The van der Waals surface area contributed by atoms with Gasteiger partial charge in [0.2, 0.25) is 5.60 Å². The molecule has 0 bridgehead atoms. The minimum Gasteiger partial charge on any atom is -0.497 e. The van der Waals surface area contributed by atoms with Gasteiger partial charge in [0.15, 0.2) is 6.23 Å². The lowest BCUT2D eigenvalue weighted by atomic mass is 9.83. The van der Waals surface area contributed by atoms with Crippen molar-refractivity contribution >= 4 is 23.4 Å². The molecule has 3 aliphatic rings. The van der Waals surface area contributed by atoms with Crippen LogP contribution in [-0.2, 0) is 15.1 Å². The summed E-state index contributed by atoms with van der Waals surface area (Å²) in [7, 11) is 3.43. The Kier molecular flexibility index (Phi) is 3.44. The fourth-order valence-corrected chi connectivity index (χ4v) is 4.88. The van der Waals surface area contributed by atoms with Gasteiger partial charge in [0, 0.05) is 29.9 Å². The molecular formula is C25H20N2O3. The highest BCUT2D eigenvalue weighted by atomic mass is 16.5. The number of hydrogen-bond donors (Lipinski definition) is 0. The predicted molar refractivity (Wildman–Crippen MR) is 115 cm³/mol. The van der Waals surface area contributed by atoms with E-state index in [-0.39, 0.29) is 5.91 Å². The molecule has 1 spiro atoms. The zero-order chi connectivity index (χ0) is 20.5. The quantitative estimate of drug-likeness (QED) is 0.610. The number of para-hydroxylation sites is 1.